The van der Waals surface area contributed by atoms with E-state index in [0.717, 1.165) is 17.7 Å². The van der Waals surface area contributed by atoms with Gasteiger partial charge in [-0.15, -0.1) is 5.10 Å². The van der Waals surface area contributed by atoms with Crippen molar-refractivity contribution in [2.45, 2.75) is 25.8 Å². The first kappa shape index (κ1) is 19.3. The summed E-state index contributed by atoms with van der Waals surface area (Å²) in [4.78, 5) is 6.52. The summed E-state index contributed by atoms with van der Waals surface area (Å²) in [5, 5.41) is 11.2. The number of aromatic nitrogens is 3. The maximum absolute atomic E-state index is 11.8. The van der Waals surface area contributed by atoms with Crippen LogP contribution >= 0.6 is 0 Å². The Balaban J connectivity index is 1.62. The fourth-order valence-corrected chi connectivity index (χ4v) is 5.01. The Morgan fingerprint density at radius 1 is 1.37 bits per heavy atom. The number of rotatable bonds is 8. The molecule has 0 bridgehead atoms. The Morgan fingerprint density at radius 2 is 2.22 bits per heavy atom. The van der Waals surface area contributed by atoms with Gasteiger partial charge >= 0.3 is 0 Å². The third kappa shape index (κ3) is 5.06. The molecular formula is C18H25N5O3S. The van der Waals surface area contributed by atoms with Gasteiger partial charge in [-0.1, -0.05) is 12.1 Å². The van der Waals surface area contributed by atoms with Gasteiger partial charge in [0.1, 0.15) is 5.75 Å². The van der Waals surface area contributed by atoms with E-state index in [1.54, 1.807) is 13.3 Å². The van der Waals surface area contributed by atoms with Crippen LogP contribution in [0.3, 0.4) is 0 Å². The second-order valence-electron chi connectivity index (χ2n) is 6.51. The summed E-state index contributed by atoms with van der Waals surface area (Å²) in [6.07, 6.45) is 3.00. The molecule has 1 aromatic carbocycles. The predicted molar refractivity (Wildman–Crippen MR) is 105 cm³/mol. The summed E-state index contributed by atoms with van der Waals surface area (Å²) in [5.41, 5.74) is 1.15. The number of nitrogens with zero attached hydrogens (tertiary/aromatic N) is 4. The van der Waals surface area contributed by atoms with E-state index >= 15 is 0 Å². The molecule has 9 heteroatoms. The van der Waals surface area contributed by atoms with Crippen molar-refractivity contribution in [2.75, 3.05) is 41.9 Å². The topological polar surface area (TPSA) is 97.3 Å². The zero-order valence-electron chi connectivity index (χ0n) is 15.6. The average Bonchev–Trinajstić information content (AvgIpc) is 3.02. The van der Waals surface area contributed by atoms with E-state index in [0.29, 0.717) is 31.3 Å². The molecule has 1 N–H and O–H groups in total. The van der Waals surface area contributed by atoms with Crippen LogP contribution < -0.4 is 15.0 Å². The molecule has 146 valence electrons. The van der Waals surface area contributed by atoms with Crippen molar-refractivity contribution >= 4 is 21.6 Å². The van der Waals surface area contributed by atoms with Gasteiger partial charge in [0.05, 0.1) is 24.8 Å². The maximum atomic E-state index is 11.8. The summed E-state index contributed by atoms with van der Waals surface area (Å²) in [7, 11) is -1.30. The summed E-state index contributed by atoms with van der Waals surface area (Å²) in [6, 6.07) is 7.86. The van der Waals surface area contributed by atoms with Gasteiger partial charge in [-0.25, -0.2) is 8.42 Å². The Morgan fingerprint density at radius 3 is 2.93 bits per heavy atom. The molecule has 8 nitrogen and oxygen atoms in total. The van der Waals surface area contributed by atoms with E-state index in [1.807, 2.05) is 36.1 Å². The van der Waals surface area contributed by atoms with Crippen LogP contribution in [-0.2, 0) is 16.3 Å². The van der Waals surface area contributed by atoms with Crippen LogP contribution in [-0.4, -0.2) is 61.3 Å². The normalized spacial score (nSPS) is 18.2. The van der Waals surface area contributed by atoms with E-state index in [4.69, 9.17) is 4.74 Å². The van der Waals surface area contributed by atoms with Crippen molar-refractivity contribution in [3.63, 3.8) is 0 Å². The van der Waals surface area contributed by atoms with Crippen molar-refractivity contribution in [1.82, 2.24) is 15.2 Å². The van der Waals surface area contributed by atoms with Crippen LogP contribution in [0.1, 0.15) is 18.9 Å². The third-order valence-corrected chi connectivity index (χ3v) is 6.41. The van der Waals surface area contributed by atoms with E-state index < -0.39 is 9.84 Å². The number of hydrogen-bond acceptors (Lipinski definition) is 8. The zero-order chi connectivity index (χ0) is 19.3. The van der Waals surface area contributed by atoms with Crippen LogP contribution in [0.25, 0.3) is 0 Å². The van der Waals surface area contributed by atoms with Crippen molar-refractivity contribution in [3.8, 4) is 5.75 Å². The number of methoxy groups -OCH3 is 1. The van der Waals surface area contributed by atoms with Gasteiger partial charge in [-0.05, 0) is 37.5 Å². The molecule has 0 radical (unpaired) electrons. The second kappa shape index (κ2) is 8.51. The fourth-order valence-electron chi connectivity index (χ4n) is 3.28. The molecule has 1 saturated heterocycles. The number of ether oxygens (including phenoxy) is 1. The molecular weight excluding hydrogens is 366 g/mol. The van der Waals surface area contributed by atoms with Gasteiger partial charge in [0.2, 0.25) is 5.95 Å². The summed E-state index contributed by atoms with van der Waals surface area (Å²) in [6.45, 7) is 3.31. The lowest BCUT2D eigenvalue weighted by Gasteiger charge is -2.27. The number of sulfone groups is 1. The zero-order valence-corrected chi connectivity index (χ0v) is 16.4. The van der Waals surface area contributed by atoms with Crippen LogP contribution in [0.5, 0.6) is 5.75 Å². The van der Waals surface area contributed by atoms with Crippen molar-refractivity contribution in [3.05, 3.63) is 36.0 Å². The van der Waals surface area contributed by atoms with Gasteiger partial charge in [0.15, 0.2) is 15.7 Å². The Hall–Kier alpha value is -2.42. The van der Waals surface area contributed by atoms with E-state index in [9.17, 15) is 8.42 Å². The van der Waals surface area contributed by atoms with E-state index in [1.165, 1.54) is 0 Å². The minimum atomic E-state index is -2.95. The van der Waals surface area contributed by atoms with Gasteiger partial charge in [-0.3, -0.25) is 0 Å². The fraction of sp³-hybridized carbons (Fsp3) is 0.500. The first-order valence-corrected chi connectivity index (χ1v) is 10.9. The summed E-state index contributed by atoms with van der Waals surface area (Å²) >= 11 is 0. The molecule has 0 aliphatic carbocycles. The molecule has 1 unspecified atom stereocenters. The maximum Gasteiger partial charge on any atom is 0.244 e. The molecule has 1 fully saturated rings. The quantitative estimate of drug-likeness (QED) is 0.724. The first-order valence-electron chi connectivity index (χ1n) is 9.04. The van der Waals surface area contributed by atoms with Crippen molar-refractivity contribution in [1.29, 1.82) is 0 Å². The van der Waals surface area contributed by atoms with Crippen LogP contribution in [0.4, 0.5) is 11.8 Å². The molecule has 1 atom stereocenters. The number of hydrogen-bond donors (Lipinski definition) is 1. The Labute approximate surface area is 159 Å². The van der Waals surface area contributed by atoms with Gasteiger partial charge in [0, 0.05) is 19.1 Å². The van der Waals surface area contributed by atoms with Gasteiger partial charge < -0.3 is 15.0 Å². The minimum Gasteiger partial charge on any atom is -0.497 e. The third-order valence-electron chi connectivity index (χ3n) is 4.66. The average molecular weight is 391 g/mol. The van der Waals surface area contributed by atoms with E-state index in [-0.39, 0.29) is 17.5 Å². The van der Waals surface area contributed by atoms with E-state index in [2.05, 4.69) is 20.5 Å². The van der Waals surface area contributed by atoms with Crippen LogP contribution in [0, 0.1) is 0 Å². The molecule has 2 heterocycles. The summed E-state index contributed by atoms with van der Waals surface area (Å²) in [5.74, 6) is 2.33. The monoisotopic (exact) mass is 391 g/mol. The highest BCUT2D eigenvalue weighted by Gasteiger charge is 2.32. The Kier molecular flexibility index (Phi) is 6.10. The largest absolute Gasteiger partial charge is 0.497 e. The van der Waals surface area contributed by atoms with Crippen molar-refractivity contribution in [2.24, 2.45) is 0 Å². The standard InChI is InChI=1S/C18H25N5O3S/c1-3-23(15-8-10-27(24,25)13-15)17-12-20-22-18(21-17)19-9-7-14-5-4-6-16(11-14)26-2/h4-6,11-12,15H,3,7-10,13H2,1-2H3,(H,19,21,22). The number of anilines is 2. The molecule has 1 aromatic heterocycles. The lowest BCUT2D eigenvalue weighted by Crippen LogP contribution is -2.37. The lowest BCUT2D eigenvalue weighted by molar-refractivity contribution is 0.414. The SMILES string of the molecule is CCN(c1cnnc(NCCc2cccc(OC)c2)n1)C1CCS(=O)(=O)C1. The number of benzene rings is 1. The summed E-state index contributed by atoms with van der Waals surface area (Å²) < 4.78 is 28.8. The molecule has 2 aromatic rings. The highest BCUT2D eigenvalue weighted by Crippen LogP contribution is 2.22. The van der Waals surface area contributed by atoms with Gasteiger partial charge in [0.25, 0.3) is 0 Å². The first-order chi connectivity index (χ1) is 13.0. The second-order valence-corrected chi connectivity index (χ2v) is 8.74. The highest BCUT2D eigenvalue weighted by molar-refractivity contribution is 7.91. The highest BCUT2D eigenvalue weighted by atomic mass is 32.2. The lowest BCUT2D eigenvalue weighted by atomic mass is 10.1. The molecule has 27 heavy (non-hydrogen) atoms. The molecule has 1 aliphatic heterocycles. The van der Waals surface area contributed by atoms with Crippen molar-refractivity contribution < 1.29 is 13.2 Å². The molecule has 0 amide bonds. The number of nitrogens with one attached hydrogen (secondary N) is 1. The molecule has 3 rings (SSSR count). The minimum absolute atomic E-state index is 0.0543. The molecule has 0 spiro atoms. The molecule has 1 aliphatic rings. The van der Waals surface area contributed by atoms with Crippen LogP contribution in [0.2, 0.25) is 0 Å². The molecule has 0 saturated carbocycles. The predicted octanol–water partition coefficient (Wildman–Crippen LogP) is 1.55. The van der Waals surface area contributed by atoms with Gasteiger partial charge in [-0.2, -0.15) is 10.1 Å². The smallest absolute Gasteiger partial charge is 0.244 e. The van der Waals surface area contributed by atoms with Crippen LogP contribution in [0.15, 0.2) is 30.5 Å². The Bertz CT molecular complexity index is 875.